The van der Waals surface area contributed by atoms with Crippen LogP contribution in [0.15, 0.2) is 59.7 Å². The maximum atomic E-state index is 12.4. The van der Waals surface area contributed by atoms with E-state index in [0.29, 0.717) is 29.8 Å². The van der Waals surface area contributed by atoms with Crippen LogP contribution in [0.1, 0.15) is 12.8 Å². The zero-order chi connectivity index (χ0) is 17.9. The Morgan fingerprint density at radius 3 is 2.69 bits per heavy atom. The predicted octanol–water partition coefficient (Wildman–Crippen LogP) is 2.69. The summed E-state index contributed by atoms with van der Waals surface area (Å²) in [7, 11) is 0. The van der Waals surface area contributed by atoms with Crippen LogP contribution >= 0.6 is 0 Å². The van der Waals surface area contributed by atoms with Gasteiger partial charge in [-0.1, -0.05) is 24.3 Å². The van der Waals surface area contributed by atoms with Gasteiger partial charge in [0.2, 0.25) is 11.9 Å². The molecule has 0 spiro atoms. The Labute approximate surface area is 148 Å². The molecule has 7 heteroatoms. The summed E-state index contributed by atoms with van der Waals surface area (Å²) in [5, 5.41) is 3.34. The normalized spacial score (nSPS) is 11.1. The summed E-state index contributed by atoms with van der Waals surface area (Å²) in [6.07, 6.45) is 2.35. The van der Waals surface area contributed by atoms with Crippen LogP contribution in [-0.4, -0.2) is 25.4 Å². The largest absolute Gasteiger partial charge is 0.324 e. The van der Waals surface area contributed by atoms with E-state index in [9.17, 15) is 9.59 Å². The first-order valence-electron chi connectivity index (χ1n) is 8.39. The van der Waals surface area contributed by atoms with E-state index in [0.717, 1.165) is 11.0 Å². The van der Waals surface area contributed by atoms with E-state index in [1.54, 1.807) is 6.07 Å². The van der Waals surface area contributed by atoms with E-state index >= 15 is 0 Å². The molecule has 2 heterocycles. The average molecular weight is 347 g/mol. The van der Waals surface area contributed by atoms with Gasteiger partial charge in [-0.2, -0.15) is 0 Å². The summed E-state index contributed by atoms with van der Waals surface area (Å²) in [4.78, 5) is 36.2. The number of para-hydroxylation sites is 3. The number of anilines is 1. The minimum atomic E-state index is -0.147. The number of aromatic amines is 1. The molecule has 0 aliphatic heterocycles. The van der Waals surface area contributed by atoms with Crippen LogP contribution in [0.25, 0.3) is 21.9 Å². The van der Waals surface area contributed by atoms with Gasteiger partial charge in [0.05, 0.1) is 28.3 Å². The van der Waals surface area contributed by atoms with Gasteiger partial charge in [0.15, 0.2) is 0 Å². The Morgan fingerprint density at radius 2 is 1.85 bits per heavy atom. The highest BCUT2D eigenvalue weighted by molar-refractivity contribution is 5.91. The second-order valence-corrected chi connectivity index (χ2v) is 6.01. The highest BCUT2D eigenvalue weighted by Gasteiger charge is 2.08. The van der Waals surface area contributed by atoms with Crippen LogP contribution in [0, 0.1) is 0 Å². The number of hydrogen-bond donors (Lipinski definition) is 2. The number of amides is 1. The SMILES string of the molecule is O=C(CCCn1cnc2ccccc2c1=O)Nc1nc2ccccc2[nH]1. The number of rotatable bonds is 5. The fourth-order valence-corrected chi connectivity index (χ4v) is 2.88. The van der Waals surface area contributed by atoms with Crippen molar-refractivity contribution in [2.24, 2.45) is 0 Å². The average Bonchev–Trinajstić information content (AvgIpc) is 3.06. The number of aromatic nitrogens is 4. The van der Waals surface area contributed by atoms with E-state index < -0.39 is 0 Å². The molecule has 0 atom stereocenters. The molecule has 26 heavy (non-hydrogen) atoms. The molecule has 2 N–H and O–H groups in total. The Morgan fingerprint density at radius 1 is 1.08 bits per heavy atom. The summed E-state index contributed by atoms with van der Waals surface area (Å²) in [5.74, 6) is 0.284. The van der Waals surface area contributed by atoms with Crippen molar-refractivity contribution in [2.75, 3.05) is 5.32 Å². The molecule has 7 nitrogen and oxygen atoms in total. The van der Waals surface area contributed by atoms with Gasteiger partial charge >= 0.3 is 0 Å². The number of fused-ring (bicyclic) bond motifs is 2. The highest BCUT2D eigenvalue weighted by atomic mass is 16.1. The first-order valence-corrected chi connectivity index (χ1v) is 8.39. The summed E-state index contributed by atoms with van der Waals surface area (Å²) in [6, 6.07) is 14.8. The Kier molecular flexibility index (Phi) is 4.18. The van der Waals surface area contributed by atoms with Crippen molar-refractivity contribution in [3.63, 3.8) is 0 Å². The maximum Gasteiger partial charge on any atom is 0.261 e. The van der Waals surface area contributed by atoms with E-state index in [4.69, 9.17) is 0 Å². The number of carbonyl (C=O) groups excluding carboxylic acids is 1. The minimum absolute atomic E-state index is 0.0895. The molecule has 0 saturated carbocycles. The van der Waals surface area contributed by atoms with Crippen molar-refractivity contribution >= 4 is 33.8 Å². The molecule has 0 aliphatic carbocycles. The molecule has 0 aliphatic rings. The number of benzene rings is 2. The number of carbonyl (C=O) groups is 1. The Bertz CT molecular complexity index is 1110. The van der Waals surface area contributed by atoms with Gasteiger partial charge in [-0.05, 0) is 30.7 Å². The molecule has 4 aromatic rings. The zero-order valence-electron chi connectivity index (χ0n) is 14.0. The second-order valence-electron chi connectivity index (χ2n) is 6.01. The first-order chi connectivity index (χ1) is 12.7. The van der Waals surface area contributed by atoms with Gasteiger partial charge in [-0.25, -0.2) is 9.97 Å². The zero-order valence-corrected chi connectivity index (χ0v) is 14.0. The fraction of sp³-hybridized carbons (Fsp3) is 0.158. The molecule has 4 rings (SSSR count). The number of imidazole rings is 1. The highest BCUT2D eigenvalue weighted by Crippen LogP contribution is 2.13. The van der Waals surface area contributed by atoms with Gasteiger partial charge in [-0.15, -0.1) is 0 Å². The molecule has 0 radical (unpaired) electrons. The van der Waals surface area contributed by atoms with Gasteiger partial charge in [0, 0.05) is 13.0 Å². The summed E-state index contributed by atoms with van der Waals surface area (Å²) < 4.78 is 1.54. The number of nitrogens with one attached hydrogen (secondary N) is 2. The second kappa shape index (κ2) is 6.79. The van der Waals surface area contributed by atoms with Crippen LogP contribution < -0.4 is 10.9 Å². The van der Waals surface area contributed by atoms with Gasteiger partial charge in [-0.3, -0.25) is 19.5 Å². The number of aryl methyl sites for hydroxylation is 1. The topological polar surface area (TPSA) is 92.7 Å². The molecule has 0 fully saturated rings. The first kappa shape index (κ1) is 16.0. The molecular weight excluding hydrogens is 330 g/mol. The Hall–Kier alpha value is -3.48. The third-order valence-electron chi connectivity index (χ3n) is 4.18. The van der Waals surface area contributed by atoms with Crippen LogP contribution in [0.5, 0.6) is 0 Å². The quantitative estimate of drug-likeness (QED) is 0.580. The van der Waals surface area contributed by atoms with Crippen LogP contribution in [-0.2, 0) is 11.3 Å². The van der Waals surface area contributed by atoms with E-state index in [1.165, 1.54) is 10.9 Å². The standard InChI is InChI=1S/C19H17N5O2/c25-17(23-19-21-15-8-3-4-9-16(15)22-19)10-5-11-24-12-20-14-7-2-1-6-13(14)18(24)26/h1-4,6-9,12H,5,10-11H2,(H2,21,22,23,25). The number of nitrogens with zero attached hydrogens (tertiary/aromatic N) is 3. The van der Waals surface area contributed by atoms with E-state index in [2.05, 4.69) is 20.3 Å². The number of hydrogen-bond acceptors (Lipinski definition) is 4. The van der Waals surface area contributed by atoms with Crippen molar-refractivity contribution in [3.05, 3.63) is 65.2 Å². The molecule has 0 saturated heterocycles. The minimum Gasteiger partial charge on any atom is -0.324 e. The number of H-pyrrole nitrogens is 1. The van der Waals surface area contributed by atoms with Crippen molar-refractivity contribution in [1.82, 2.24) is 19.5 Å². The lowest BCUT2D eigenvalue weighted by atomic mass is 10.2. The Balaban J connectivity index is 1.37. The van der Waals surface area contributed by atoms with Gasteiger partial charge in [0.1, 0.15) is 0 Å². The summed E-state index contributed by atoms with van der Waals surface area (Å²) in [5.41, 5.74) is 2.26. The summed E-state index contributed by atoms with van der Waals surface area (Å²) in [6.45, 7) is 0.435. The van der Waals surface area contributed by atoms with Crippen LogP contribution in [0.2, 0.25) is 0 Å². The smallest absolute Gasteiger partial charge is 0.261 e. The molecule has 1 amide bonds. The monoisotopic (exact) mass is 347 g/mol. The molecule has 2 aromatic heterocycles. The van der Waals surface area contributed by atoms with Gasteiger partial charge in [0.25, 0.3) is 5.56 Å². The van der Waals surface area contributed by atoms with E-state index in [-0.39, 0.29) is 17.9 Å². The summed E-state index contributed by atoms with van der Waals surface area (Å²) >= 11 is 0. The van der Waals surface area contributed by atoms with E-state index in [1.807, 2.05) is 42.5 Å². The molecule has 0 unspecified atom stereocenters. The predicted molar refractivity (Wildman–Crippen MR) is 100.0 cm³/mol. The molecule has 130 valence electrons. The van der Waals surface area contributed by atoms with Crippen molar-refractivity contribution in [2.45, 2.75) is 19.4 Å². The lowest BCUT2D eigenvalue weighted by molar-refractivity contribution is -0.116. The van der Waals surface area contributed by atoms with Crippen LogP contribution in [0.3, 0.4) is 0 Å². The van der Waals surface area contributed by atoms with Crippen molar-refractivity contribution in [3.8, 4) is 0 Å². The van der Waals surface area contributed by atoms with Crippen molar-refractivity contribution < 1.29 is 4.79 Å². The third kappa shape index (κ3) is 3.19. The lowest BCUT2D eigenvalue weighted by Crippen LogP contribution is -2.21. The molecular formula is C19H17N5O2. The van der Waals surface area contributed by atoms with Crippen LogP contribution in [0.4, 0.5) is 5.95 Å². The third-order valence-corrected chi connectivity index (χ3v) is 4.18. The van der Waals surface area contributed by atoms with Gasteiger partial charge < -0.3 is 4.98 Å². The molecule has 2 aromatic carbocycles. The maximum absolute atomic E-state index is 12.4. The fourth-order valence-electron chi connectivity index (χ4n) is 2.88. The molecule has 0 bridgehead atoms. The lowest BCUT2D eigenvalue weighted by Gasteiger charge is -2.06. The van der Waals surface area contributed by atoms with Crippen molar-refractivity contribution in [1.29, 1.82) is 0 Å².